The Labute approximate surface area is 186 Å². The number of hydrogen-bond acceptors (Lipinski definition) is 4. The smallest absolute Gasteiger partial charge is 0.151 e. The number of para-hydroxylation sites is 2. The number of aromatic nitrogens is 1. The predicted octanol–water partition coefficient (Wildman–Crippen LogP) is 7.00. The van der Waals surface area contributed by atoms with E-state index in [0.717, 1.165) is 48.4 Å². The van der Waals surface area contributed by atoms with Gasteiger partial charge in [0.05, 0.1) is 5.56 Å². The van der Waals surface area contributed by atoms with Gasteiger partial charge in [-0.2, -0.15) is 5.26 Å². The summed E-state index contributed by atoms with van der Waals surface area (Å²) < 4.78 is 0. The number of anilines is 4. The molecule has 4 nitrogen and oxygen atoms in total. The molecule has 0 fully saturated rings. The summed E-state index contributed by atoms with van der Waals surface area (Å²) in [6, 6.07) is 17.1. The molecule has 0 radical (unpaired) electrons. The Morgan fingerprint density at radius 3 is 1.65 bits per heavy atom. The molecular weight excluding hydrogens is 380 g/mol. The van der Waals surface area contributed by atoms with Crippen molar-refractivity contribution in [1.29, 1.82) is 5.26 Å². The third kappa shape index (κ3) is 4.72. The van der Waals surface area contributed by atoms with E-state index in [9.17, 15) is 5.26 Å². The first-order valence-corrected chi connectivity index (χ1v) is 11.2. The van der Waals surface area contributed by atoms with Crippen molar-refractivity contribution >= 4 is 23.0 Å². The molecule has 0 aliphatic heterocycles. The van der Waals surface area contributed by atoms with Gasteiger partial charge in [0.1, 0.15) is 11.9 Å². The molecule has 0 bridgehead atoms. The van der Waals surface area contributed by atoms with Crippen molar-refractivity contribution in [2.24, 2.45) is 0 Å². The topological polar surface area (TPSA) is 60.7 Å². The summed E-state index contributed by atoms with van der Waals surface area (Å²) in [7, 11) is 0. The maximum Gasteiger partial charge on any atom is 0.151 e. The first-order chi connectivity index (χ1) is 15.1. The average molecular weight is 413 g/mol. The number of nitrogens with zero attached hydrogens (tertiary/aromatic N) is 2. The third-order valence-corrected chi connectivity index (χ3v) is 5.82. The lowest BCUT2D eigenvalue weighted by Crippen LogP contribution is -2.07. The molecule has 0 saturated carbocycles. The molecule has 0 spiro atoms. The second kappa shape index (κ2) is 10.1. The Kier molecular flexibility index (Phi) is 7.31. The van der Waals surface area contributed by atoms with Crippen molar-refractivity contribution in [3.8, 4) is 6.07 Å². The number of pyridine rings is 1. The zero-order valence-corrected chi connectivity index (χ0v) is 19.3. The van der Waals surface area contributed by atoms with Gasteiger partial charge in [-0.1, -0.05) is 64.1 Å². The fourth-order valence-electron chi connectivity index (χ4n) is 4.02. The van der Waals surface area contributed by atoms with Gasteiger partial charge in [-0.3, -0.25) is 0 Å². The Morgan fingerprint density at radius 2 is 1.23 bits per heavy atom. The molecular formula is C27H32N4. The lowest BCUT2D eigenvalue weighted by Gasteiger charge is -2.19. The van der Waals surface area contributed by atoms with E-state index in [1.54, 1.807) is 0 Å². The Hall–Kier alpha value is -3.32. The zero-order valence-electron chi connectivity index (χ0n) is 19.3. The highest BCUT2D eigenvalue weighted by Gasteiger charge is 2.15. The molecule has 0 aliphatic carbocycles. The van der Waals surface area contributed by atoms with Gasteiger partial charge in [-0.05, 0) is 66.5 Å². The molecule has 0 unspecified atom stereocenters. The van der Waals surface area contributed by atoms with E-state index in [0.29, 0.717) is 11.4 Å². The molecule has 1 heterocycles. The van der Waals surface area contributed by atoms with Crippen molar-refractivity contribution < 1.29 is 0 Å². The Balaban J connectivity index is 2.09. The van der Waals surface area contributed by atoms with E-state index < -0.39 is 0 Å². The normalized spacial score (nSPS) is 10.6. The van der Waals surface area contributed by atoms with Gasteiger partial charge in [0.25, 0.3) is 0 Å². The van der Waals surface area contributed by atoms with Gasteiger partial charge in [0, 0.05) is 11.4 Å². The largest absolute Gasteiger partial charge is 0.340 e. The van der Waals surface area contributed by atoms with Crippen LogP contribution in [0.1, 0.15) is 61.1 Å². The van der Waals surface area contributed by atoms with Gasteiger partial charge >= 0.3 is 0 Å². The van der Waals surface area contributed by atoms with E-state index in [1.807, 2.05) is 13.0 Å². The van der Waals surface area contributed by atoms with Crippen LogP contribution in [0.25, 0.3) is 0 Å². The molecule has 2 aromatic carbocycles. The van der Waals surface area contributed by atoms with Gasteiger partial charge in [0.2, 0.25) is 0 Å². The molecule has 160 valence electrons. The number of aryl methyl sites for hydroxylation is 5. The van der Waals surface area contributed by atoms with E-state index >= 15 is 0 Å². The van der Waals surface area contributed by atoms with Crippen LogP contribution in [0.15, 0.2) is 42.5 Å². The van der Waals surface area contributed by atoms with Crippen molar-refractivity contribution in [2.45, 2.75) is 60.3 Å². The van der Waals surface area contributed by atoms with Crippen molar-refractivity contribution in [3.05, 3.63) is 75.8 Å². The monoisotopic (exact) mass is 412 g/mol. The highest BCUT2D eigenvalue weighted by atomic mass is 15.1. The van der Waals surface area contributed by atoms with Crippen LogP contribution in [-0.4, -0.2) is 4.98 Å². The SMILES string of the molecule is CCc1cccc(CC)c1Nc1cc(C)c(C#N)c(Nc2c(CC)cccc2CC)n1. The summed E-state index contributed by atoms with van der Waals surface area (Å²) >= 11 is 0. The minimum absolute atomic E-state index is 0.581. The quantitative estimate of drug-likeness (QED) is 0.418. The number of nitriles is 1. The molecule has 4 heteroatoms. The number of nitrogens with one attached hydrogen (secondary N) is 2. The van der Waals surface area contributed by atoms with E-state index in [1.165, 1.54) is 22.3 Å². The lowest BCUT2D eigenvalue weighted by molar-refractivity contribution is 1.08. The van der Waals surface area contributed by atoms with Crippen LogP contribution in [-0.2, 0) is 25.7 Å². The average Bonchev–Trinajstić information content (AvgIpc) is 2.79. The first kappa shape index (κ1) is 22.4. The second-order valence-corrected chi connectivity index (χ2v) is 7.73. The molecule has 1 aromatic heterocycles. The van der Waals surface area contributed by atoms with Gasteiger partial charge < -0.3 is 10.6 Å². The molecule has 3 aromatic rings. The van der Waals surface area contributed by atoms with Gasteiger partial charge in [-0.25, -0.2) is 4.98 Å². The van der Waals surface area contributed by atoms with E-state index in [2.05, 4.69) is 80.8 Å². The van der Waals surface area contributed by atoms with Gasteiger partial charge in [0.15, 0.2) is 5.82 Å². The summed E-state index contributed by atoms with van der Waals surface area (Å²) in [5.41, 5.74) is 8.66. The maximum atomic E-state index is 9.82. The van der Waals surface area contributed by atoms with Crippen LogP contribution in [0.2, 0.25) is 0 Å². The summed E-state index contributed by atoms with van der Waals surface area (Å²) in [5.74, 6) is 1.36. The third-order valence-electron chi connectivity index (χ3n) is 5.82. The molecule has 3 rings (SSSR count). The Morgan fingerprint density at radius 1 is 0.774 bits per heavy atom. The summed E-state index contributed by atoms with van der Waals surface area (Å²) in [6.45, 7) is 10.6. The number of rotatable bonds is 8. The Bertz CT molecular complexity index is 1060. The van der Waals surface area contributed by atoms with E-state index in [4.69, 9.17) is 4.98 Å². The molecule has 31 heavy (non-hydrogen) atoms. The summed E-state index contributed by atoms with van der Waals surface area (Å²) in [5, 5.41) is 16.9. The van der Waals surface area contributed by atoms with Crippen LogP contribution in [0.4, 0.5) is 23.0 Å². The predicted molar refractivity (Wildman–Crippen MR) is 131 cm³/mol. The van der Waals surface area contributed by atoms with Crippen LogP contribution in [0.5, 0.6) is 0 Å². The fraction of sp³-hybridized carbons (Fsp3) is 0.333. The molecule has 0 atom stereocenters. The molecule has 0 saturated heterocycles. The van der Waals surface area contributed by atoms with Crippen LogP contribution in [0, 0.1) is 18.3 Å². The minimum Gasteiger partial charge on any atom is -0.340 e. The highest BCUT2D eigenvalue weighted by molar-refractivity contribution is 5.73. The maximum absolute atomic E-state index is 9.82. The fourth-order valence-corrected chi connectivity index (χ4v) is 4.02. The molecule has 0 amide bonds. The molecule has 0 aliphatic rings. The van der Waals surface area contributed by atoms with Crippen molar-refractivity contribution in [2.75, 3.05) is 10.6 Å². The minimum atomic E-state index is 0.581. The van der Waals surface area contributed by atoms with E-state index in [-0.39, 0.29) is 0 Å². The van der Waals surface area contributed by atoms with Crippen LogP contribution in [0.3, 0.4) is 0 Å². The van der Waals surface area contributed by atoms with Crippen LogP contribution >= 0.6 is 0 Å². The first-order valence-electron chi connectivity index (χ1n) is 11.2. The summed E-state index contributed by atoms with van der Waals surface area (Å²) in [4.78, 5) is 4.85. The second-order valence-electron chi connectivity index (χ2n) is 7.73. The molecule has 2 N–H and O–H groups in total. The standard InChI is InChI=1S/C27H32N4/c1-6-19-12-10-13-20(7-2)25(19)29-24-16-18(5)23(17-28)27(30-24)31-26-21(8-3)14-11-15-22(26)9-4/h10-16H,6-9H2,1-5H3,(H2,29,30,31). The number of hydrogen-bond donors (Lipinski definition) is 2. The van der Waals surface area contributed by atoms with Crippen molar-refractivity contribution in [3.63, 3.8) is 0 Å². The summed E-state index contributed by atoms with van der Waals surface area (Å²) in [6.07, 6.45) is 3.72. The number of benzene rings is 2. The van der Waals surface area contributed by atoms with Gasteiger partial charge in [-0.15, -0.1) is 0 Å². The highest BCUT2D eigenvalue weighted by Crippen LogP contribution is 2.32. The lowest BCUT2D eigenvalue weighted by atomic mass is 10.0. The van der Waals surface area contributed by atoms with Crippen molar-refractivity contribution in [1.82, 2.24) is 4.98 Å². The van der Waals surface area contributed by atoms with Crippen LogP contribution < -0.4 is 10.6 Å². The zero-order chi connectivity index (χ0) is 22.4.